The topological polar surface area (TPSA) is 60.8 Å². The van der Waals surface area contributed by atoms with Gasteiger partial charge in [0, 0.05) is 24.8 Å². The summed E-state index contributed by atoms with van der Waals surface area (Å²) in [6.07, 6.45) is 0. The molecule has 104 valence electrons. The zero-order valence-electron chi connectivity index (χ0n) is 11.3. The quantitative estimate of drug-likeness (QED) is 0.877. The summed E-state index contributed by atoms with van der Waals surface area (Å²) in [7, 11) is 0. The molecular formula is C16H17NO3. The van der Waals surface area contributed by atoms with Crippen molar-refractivity contribution in [2.75, 3.05) is 11.4 Å². The minimum atomic E-state index is -0.924. The SMILES string of the molecule is CCN(Cc1cccc(C(=O)O)c1)c1cccc(O)c1. The molecule has 0 aromatic heterocycles. The molecule has 2 rings (SSSR count). The summed E-state index contributed by atoms with van der Waals surface area (Å²) in [4.78, 5) is 13.0. The van der Waals surface area contributed by atoms with Crippen LogP contribution in [0.15, 0.2) is 48.5 Å². The highest BCUT2D eigenvalue weighted by Gasteiger charge is 2.08. The summed E-state index contributed by atoms with van der Waals surface area (Å²) in [5.74, 6) is -0.701. The van der Waals surface area contributed by atoms with E-state index in [9.17, 15) is 9.90 Å². The van der Waals surface area contributed by atoms with E-state index in [4.69, 9.17) is 5.11 Å². The van der Waals surface area contributed by atoms with Crippen LogP contribution in [0.25, 0.3) is 0 Å². The molecular weight excluding hydrogens is 254 g/mol. The summed E-state index contributed by atoms with van der Waals surface area (Å²) in [5, 5.41) is 18.5. The van der Waals surface area contributed by atoms with E-state index in [1.165, 1.54) is 0 Å². The maximum atomic E-state index is 11.0. The molecule has 4 nitrogen and oxygen atoms in total. The van der Waals surface area contributed by atoms with Crippen LogP contribution in [0.5, 0.6) is 5.75 Å². The number of phenols is 1. The number of benzene rings is 2. The number of carbonyl (C=O) groups is 1. The minimum Gasteiger partial charge on any atom is -0.508 e. The summed E-state index contributed by atoms with van der Waals surface area (Å²) in [6, 6.07) is 13.9. The fourth-order valence-electron chi connectivity index (χ4n) is 2.10. The Kier molecular flexibility index (Phi) is 4.25. The second kappa shape index (κ2) is 6.10. The zero-order valence-corrected chi connectivity index (χ0v) is 11.3. The van der Waals surface area contributed by atoms with Gasteiger partial charge in [-0.15, -0.1) is 0 Å². The molecule has 0 spiro atoms. The van der Waals surface area contributed by atoms with E-state index in [1.54, 1.807) is 36.4 Å². The Balaban J connectivity index is 2.22. The van der Waals surface area contributed by atoms with Gasteiger partial charge in [-0.1, -0.05) is 18.2 Å². The molecule has 0 saturated heterocycles. The summed E-state index contributed by atoms with van der Waals surface area (Å²) < 4.78 is 0. The molecule has 0 radical (unpaired) electrons. The normalized spacial score (nSPS) is 10.2. The Hall–Kier alpha value is -2.49. The van der Waals surface area contributed by atoms with E-state index in [1.807, 2.05) is 19.1 Å². The van der Waals surface area contributed by atoms with Gasteiger partial charge in [-0.3, -0.25) is 0 Å². The molecule has 2 aromatic rings. The fraction of sp³-hybridized carbons (Fsp3) is 0.188. The molecule has 0 aliphatic rings. The zero-order chi connectivity index (χ0) is 14.5. The first-order valence-corrected chi connectivity index (χ1v) is 6.46. The molecule has 2 N–H and O–H groups in total. The highest BCUT2D eigenvalue weighted by molar-refractivity contribution is 5.87. The fourth-order valence-corrected chi connectivity index (χ4v) is 2.10. The van der Waals surface area contributed by atoms with Crippen LogP contribution in [0.3, 0.4) is 0 Å². The Labute approximate surface area is 117 Å². The first-order chi connectivity index (χ1) is 9.60. The van der Waals surface area contributed by atoms with Crippen LogP contribution in [0, 0.1) is 0 Å². The lowest BCUT2D eigenvalue weighted by atomic mass is 10.1. The summed E-state index contributed by atoms with van der Waals surface area (Å²) >= 11 is 0. The molecule has 2 aromatic carbocycles. The Morgan fingerprint density at radius 2 is 1.90 bits per heavy atom. The van der Waals surface area contributed by atoms with E-state index >= 15 is 0 Å². The first kappa shape index (κ1) is 13.9. The van der Waals surface area contributed by atoms with Crippen LogP contribution in [0.4, 0.5) is 5.69 Å². The van der Waals surface area contributed by atoms with Crippen molar-refractivity contribution >= 4 is 11.7 Å². The molecule has 20 heavy (non-hydrogen) atoms. The van der Waals surface area contributed by atoms with Crippen LogP contribution in [-0.2, 0) is 6.54 Å². The third kappa shape index (κ3) is 3.29. The van der Waals surface area contributed by atoms with Crippen molar-refractivity contribution in [1.82, 2.24) is 0 Å². The number of aromatic hydroxyl groups is 1. The molecule has 0 saturated carbocycles. The minimum absolute atomic E-state index is 0.222. The number of carboxylic acids is 1. The van der Waals surface area contributed by atoms with Crippen molar-refractivity contribution in [3.8, 4) is 5.75 Å². The molecule has 0 atom stereocenters. The van der Waals surface area contributed by atoms with Gasteiger partial charge in [0.1, 0.15) is 5.75 Å². The van der Waals surface area contributed by atoms with Gasteiger partial charge in [0.15, 0.2) is 0 Å². The molecule has 0 amide bonds. The van der Waals surface area contributed by atoms with Crippen LogP contribution >= 0.6 is 0 Å². The predicted molar refractivity (Wildman–Crippen MR) is 78.2 cm³/mol. The van der Waals surface area contributed by atoms with Gasteiger partial charge in [-0.25, -0.2) is 4.79 Å². The van der Waals surface area contributed by atoms with Crippen LogP contribution in [0.2, 0.25) is 0 Å². The lowest BCUT2D eigenvalue weighted by Crippen LogP contribution is -2.22. The highest BCUT2D eigenvalue weighted by atomic mass is 16.4. The largest absolute Gasteiger partial charge is 0.508 e. The number of nitrogens with zero attached hydrogens (tertiary/aromatic N) is 1. The van der Waals surface area contributed by atoms with E-state index in [-0.39, 0.29) is 11.3 Å². The maximum Gasteiger partial charge on any atom is 0.335 e. The predicted octanol–water partition coefficient (Wildman–Crippen LogP) is 3.12. The van der Waals surface area contributed by atoms with Gasteiger partial charge in [0.05, 0.1) is 5.56 Å². The van der Waals surface area contributed by atoms with Crippen molar-refractivity contribution < 1.29 is 15.0 Å². The van der Waals surface area contributed by atoms with Crippen molar-refractivity contribution in [3.63, 3.8) is 0 Å². The molecule has 0 unspecified atom stereocenters. The third-order valence-corrected chi connectivity index (χ3v) is 3.12. The van der Waals surface area contributed by atoms with Gasteiger partial charge in [0.2, 0.25) is 0 Å². The Morgan fingerprint density at radius 3 is 2.55 bits per heavy atom. The summed E-state index contributed by atoms with van der Waals surface area (Å²) in [6.45, 7) is 3.38. The number of anilines is 1. The van der Waals surface area contributed by atoms with Gasteiger partial charge >= 0.3 is 5.97 Å². The number of rotatable bonds is 5. The van der Waals surface area contributed by atoms with E-state index < -0.39 is 5.97 Å². The van der Waals surface area contributed by atoms with E-state index in [0.717, 1.165) is 17.8 Å². The molecule has 4 heteroatoms. The monoisotopic (exact) mass is 271 g/mol. The number of phenolic OH excluding ortho intramolecular Hbond substituents is 1. The number of hydrogen-bond donors (Lipinski definition) is 2. The van der Waals surface area contributed by atoms with Crippen molar-refractivity contribution in [2.45, 2.75) is 13.5 Å². The molecule has 0 aliphatic carbocycles. The molecule has 0 aliphatic heterocycles. The van der Waals surface area contributed by atoms with Crippen LogP contribution in [0.1, 0.15) is 22.8 Å². The van der Waals surface area contributed by atoms with Crippen molar-refractivity contribution in [1.29, 1.82) is 0 Å². The average molecular weight is 271 g/mol. The maximum absolute atomic E-state index is 11.0. The third-order valence-electron chi connectivity index (χ3n) is 3.12. The van der Waals surface area contributed by atoms with E-state index in [2.05, 4.69) is 4.90 Å². The standard InChI is InChI=1S/C16H17NO3/c1-2-17(14-7-4-8-15(18)10-14)11-12-5-3-6-13(9-12)16(19)20/h3-10,18H,2,11H2,1H3,(H,19,20). The smallest absolute Gasteiger partial charge is 0.335 e. The Morgan fingerprint density at radius 1 is 1.15 bits per heavy atom. The summed E-state index contributed by atoms with van der Waals surface area (Å²) in [5.41, 5.74) is 2.12. The molecule has 0 fully saturated rings. The lowest BCUT2D eigenvalue weighted by Gasteiger charge is -2.23. The lowest BCUT2D eigenvalue weighted by molar-refractivity contribution is 0.0696. The highest BCUT2D eigenvalue weighted by Crippen LogP contribution is 2.22. The molecule has 0 bridgehead atoms. The number of aromatic carboxylic acids is 1. The number of carboxylic acid groups (broad SMARTS) is 1. The Bertz CT molecular complexity index is 610. The molecule has 0 heterocycles. The van der Waals surface area contributed by atoms with Gasteiger partial charge in [-0.2, -0.15) is 0 Å². The van der Waals surface area contributed by atoms with Crippen molar-refractivity contribution in [2.24, 2.45) is 0 Å². The van der Waals surface area contributed by atoms with E-state index in [0.29, 0.717) is 6.54 Å². The van der Waals surface area contributed by atoms with Gasteiger partial charge in [0.25, 0.3) is 0 Å². The first-order valence-electron chi connectivity index (χ1n) is 6.46. The van der Waals surface area contributed by atoms with Gasteiger partial charge < -0.3 is 15.1 Å². The number of hydrogen-bond acceptors (Lipinski definition) is 3. The van der Waals surface area contributed by atoms with Crippen LogP contribution < -0.4 is 4.90 Å². The van der Waals surface area contributed by atoms with Crippen LogP contribution in [-0.4, -0.2) is 22.7 Å². The second-order valence-corrected chi connectivity index (χ2v) is 4.54. The van der Waals surface area contributed by atoms with Crippen molar-refractivity contribution in [3.05, 3.63) is 59.7 Å². The average Bonchev–Trinajstić information content (AvgIpc) is 2.45. The second-order valence-electron chi connectivity index (χ2n) is 4.54. The van der Waals surface area contributed by atoms with Gasteiger partial charge in [-0.05, 0) is 36.8 Å².